The summed E-state index contributed by atoms with van der Waals surface area (Å²) >= 11 is 0. The average molecular weight is 250 g/mol. The van der Waals surface area contributed by atoms with Gasteiger partial charge in [-0.2, -0.15) is 0 Å². The Hall–Kier alpha value is -1.36. The van der Waals surface area contributed by atoms with Gasteiger partial charge in [0.1, 0.15) is 0 Å². The molecule has 1 fully saturated rings. The summed E-state index contributed by atoms with van der Waals surface area (Å²) < 4.78 is 0. The van der Waals surface area contributed by atoms with Crippen molar-refractivity contribution >= 4 is 5.82 Å². The highest BCUT2D eigenvalue weighted by Crippen LogP contribution is 2.22. The van der Waals surface area contributed by atoms with Crippen LogP contribution in [-0.2, 0) is 0 Å². The molecule has 1 aromatic rings. The quantitative estimate of drug-likeness (QED) is 0.836. The van der Waals surface area contributed by atoms with Gasteiger partial charge in [0.25, 0.3) is 5.56 Å². The molecule has 0 radical (unpaired) electrons. The molecular formula is C13H22N4O. The molecule has 1 aliphatic rings. The summed E-state index contributed by atoms with van der Waals surface area (Å²) in [6.45, 7) is 7.23. The topological polar surface area (TPSA) is 61.0 Å². The maximum Gasteiger partial charge on any atom is 0.290 e. The van der Waals surface area contributed by atoms with E-state index in [-0.39, 0.29) is 5.56 Å². The molecule has 0 saturated carbocycles. The van der Waals surface area contributed by atoms with E-state index >= 15 is 0 Å². The van der Waals surface area contributed by atoms with E-state index < -0.39 is 0 Å². The lowest BCUT2D eigenvalue weighted by atomic mass is 9.90. The Morgan fingerprint density at radius 3 is 2.89 bits per heavy atom. The Balaban J connectivity index is 1.95. The third kappa shape index (κ3) is 2.90. The molecule has 2 N–H and O–H groups in total. The summed E-state index contributed by atoms with van der Waals surface area (Å²) in [6.07, 6.45) is 5.45. The van der Waals surface area contributed by atoms with Crippen molar-refractivity contribution < 1.29 is 0 Å². The van der Waals surface area contributed by atoms with Crippen LogP contribution in [0.15, 0.2) is 17.2 Å². The lowest BCUT2D eigenvalue weighted by molar-refractivity contribution is 0.314. The van der Waals surface area contributed by atoms with Gasteiger partial charge in [0, 0.05) is 31.5 Å². The highest BCUT2D eigenvalue weighted by Gasteiger charge is 2.24. The second kappa shape index (κ2) is 6.00. The minimum Gasteiger partial charge on any atom is -0.352 e. The molecule has 18 heavy (non-hydrogen) atoms. The van der Waals surface area contributed by atoms with Gasteiger partial charge in [-0.25, -0.2) is 4.98 Å². The fourth-order valence-corrected chi connectivity index (χ4v) is 2.67. The van der Waals surface area contributed by atoms with Crippen LogP contribution in [0.3, 0.4) is 0 Å². The van der Waals surface area contributed by atoms with E-state index in [9.17, 15) is 4.79 Å². The molecule has 2 heterocycles. The van der Waals surface area contributed by atoms with Crippen LogP contribution >= 0.6 is 0 Å². The molecule has 1 aliphatic heterocycles. The van der Waals surface area contributed by atoms with Crippen molar-refractivity contribution in [3.8, 4) is 0 Å². The Morgan fingerprint density at radius 1 is 1.56 bits per heavy atom. The van der Waals surface area contributed by atoms with Crippen LogP contribution in [-0.4, -0.2) is 35.6 Å². The number of nitrogens with zero attached hydrogens (tertiary/aromatic N) is 2. The molecule has 1 unspecified atom stereocenters. The summed E-state index contributed by atoms with van der Waals surface area (Å²) in [7, 11) is 0. The molecular weight excluding hydrogens is 228 g/mol. The zero-order valence-corrected chi connectivity index (χ0v) is 11.1. The summed E-state index contributed by atoms with van der Waals surface area (Å²) in [6, 6.07) is 0.555. The summed E-state index contributed by atoms with van der Waals surface area (Å²) in [4.78, 5) is 20.6. The van der Waals surface area contributed by atoms with Gasteiger partial charge in [-0.05, 0) is 32.2 Å². The van der Waals surface area contributed by atoms with Crippen LogP contribution in [0.5, 0.6) is 0 Å². The molecule has 1 saturated heterocycles. The van der Waals surface area contributed by atoms with Crippen LogP contribution in [0.1, 0.15) is 26.7 Å². The van der Waals surface area contributed by atoms with Crippen molar-refractivity contribution in [3.05, 3.63) is 22.7 Å². The van der Waals surface area contributed by atoms with E-state index in [1.165, 1.54) is 0 Å². The van der Waals surface area contributed by atoms with Crippen molar-refractivity contribution in [2.75, 3.05) is 24.5 Å². The van der Waals surface area contributed by atoms with Crippen LogP contribution in [0, 0.1) is 5.92 Å². The fourth-order valence-electron chi connectivity index (χ4n) is 2.67. The molecule has 100 valence electrons. The molecule has 0 aliphatic carbocycles. The number of aromatic amines is 1. The molecule has 0 amide bonds. The molecule has 1 atom stereocenters. The van der Waals surface area contributed by atoms with Gasteiger partial charge < -0.3 is 15.2 Å². The van der Waals surface area contributed by atoms with Crippen LogP contribution in [0.4, 0.5) is 5.82 Å². The number of hydrogen-bond donors (Lipinski definition) is 2. The maximum atomic E-state index is 11.7. The third-order valence-corrected chi connectivity index (χ3v) is 3.76. The minimum atomic E-state index is -0.0873. The van der Waals surface area contributed by atoms with Crippen LogP contribution in [0.2, 0.25) is 0 Å². The number of piperidine rings is 1. The van der Waals surface area contributed by atoms with E-state index in [1.54, 1.807) is 12.4 Å². The lowest BCUT2D eigenvalue weighted by Gasteiger charge is -2.35. The highest BCUT2D eigenvalue weighted by molar-refractivity contribution is 5.35. The number of nitrogens with one attached hydrogen (secondary N) is 2. The Morgan fingerprint density at radius 2 is 2.28 bits per heavy atom. The molecule has 1 aromatic heterocycles. The van der Waals surface area contributed by atoms with Crippen molar-refractivity contribution in [3.63, 3.8) is 0 Å². The Kier molecular flexibility index (Phi) is 4.36. The van der Waals surface area contributed by atoms with Gasteiger partial charge in [0.05, 0.1) is 0 Å². The zero-order valence-electron chi connectivity index (χ0n) is 11.1. The molecule has 0 spiro atoms. The van der Waals surface area contributed by atoms with Crippen molar-refractivity contribution in [2.45, 2.75) is 32.7 Å². The largest absolute Gasteiger partial charge is 0.352 e. The maximum absolute atomic E-state index is 11.7. The molecule has 5 heteroatoms. The number of aromatic nitrogens is 2. The number of rotatable bonds is 4. The predicted octanol–water partition coefficient (Wildman–Crippen LogP) is 0.984. The second-order valence-electron chi connectivity index (χ2n) is 4.91. The van der Waals surface area contributed by atoms with Gasteiger partial charge in [-0.1, -0.05) is 6.92 Å². The highest BCUT2D eigenvalue weighted by atomic mass is 16.1. The molecule has 0 bridgehead atoms. The SMILES string of the molecule is CCNC(C)C1CCN(c2ncc[nH]c2=O)CC1. The zero-order chi connectivity index (χ0) is 13.0. The first-order valence-corrected chi connectivity index (χ1v) is 6.74. The Labute approximate surface area is 108 Å². The smallest absolute Gasteiger partial charge is 0.290 e. The third-order valence-electron chi connectivity index (χ3n) is 3.76. The van der Waals surface area contributed by atoms with Gasteiger partial charge in [0.15, 0.2) is 5.82 Å². The van der Waals surface area contributed by atoms with Crippen molar-refractivity contribution in [2.24, 2.45) is 5.92 Å². The van der Waals surface area contributed by atoms with Crippen molar-refractivity contribution in [1.82, 2.24) is 15.3 Å². The van der Waals surface area contributed by atoms with E-state index in [0.29, 0.717) is 17.8 Å². The first-order valence-electron chi connectivity index (χ1n) is 6.74. The van der Waals surface area contributed by atoms with Crippen molar-refractivity contribution in [1.29, 1.82) is 0 Å². The fraction of sp³-hybridized carbons (Fsp3) is 0.692. The van der Waals surface area contributed by atoms with E-state index in [0.717, 1.165) is 32.5 Å². The van der Waals surface area contributed by atoms with E-state index in [4.69, 9.17) is 0 Å². The van der Waals surface area contributed by atoms with Gasteiger partial charge >= 0.3 is 0 Å². The van der Waals surface area contributed by atoms with E-state index in [1.807, 2.05) is 0 Å². The normalized spacial score (nSPS) is 18.9. The predicted molar refractivity (Wildman–Crippen MR) is 72.9 cm³/mol. The number of hydrogen-bond acceptors (Lipinski definition) is 4. The second-order valence-corrected chi connectivity index (χ2v) is 4.91. The minimum absolute atomic E-state index is 0.0873. The first kappa shape index (κ1) is 13.1. The summed E-state index contributed by atoms with van der Waals surface area (Å²) in [5.74, 6) is 1.26. The molecule has 5 nitrogen and oxygen atoms in total. The van der Waals surface area contributed by atoms with Crippen LogP contribution < -0.4 is 15.8 Å². The lowest BCUT2D eigenvalue weighted by Crippen LogP contribution is -2.43. The summed E-state index contributed by atoms with van der Waals surface area (Å²) in [5.41, 5.74) is -0.0873. The average Bonchev–Trinajstić information content (AvgIpc) is 2.40. The molecule has 2 rings (SSSR count). The van der Waals surface area contributed by atoms with Gasteiger partial charge in [-0.15, -0.1) is 0 Å². The molecule has 0 aromatic carbocycles. The number of H-pyrrole nitrogens is 1. The number of anilines is 1. The summed E-state index contributed by atoms with van der Waals surface area (Å²) in [5, 5.41) is 3.48. The first-order chi connectivity index (χ1) is 8.72. The van der Waals surface area contributed by atoms with Gasteiger partial charge in [-0.3, -0.25) is 4.79 Å². The standard InChI is InChI=1S/C13H22N4O/c1-3-14-10(2)11-4-8-17(9-5-11)12-13(18)16-7-6-15-12/h6-7,10-11,14H,3-5,8-9H2,1-2H3,(H,16,18). The van der Waals surface area contributed by atoms with Gasteiger partial charge in [0.2, 0.25) is 0 Å². The van der Waals surface area contributed by atoms with E-state index in [2.05, 4.69) is 34.0 Å². The monoisotopic (exact) mass is 250 g/mol. The van der Waals surface area contributed by atoms with Crippen LogP contribution in [0.25, 0.3) is 0 Å². The Bertz CT molecular complexity index is 423.